The third-order valence-corrected chi connectivity index (χ3v) is 5.91. The Morgan fingerprint density at radius 2 is 2.07 bits per heavy atom. The number of hydrogen-bond acceptors (Lipinski definition) is 8. The van der Waals surface area contributed by atoms with E-state index in [1.54, 1.807) is 29.2 Å². The van der Waals surface area contributed by atoms with Gasteiger partial charge in [-0.2, -0.15) is 0 Å². The number of hydrogen-bond donors (Lipinski definition) is 1. The number of rotatable bonds is 2. The molecule has 0 unspecified atom stereocenters. The largest absolute Gasteiger partial charge is 0.491 e. The third kappa shape index (κ3) is 3.44. The van der Waals surface area contributed by atoms with E-state index in [4.69, 9.17) is 21.6 Å². The lowest BCUT2D eigenvalue weighted by atomic mass is 10.1. The molecule has 1 fully saturated rings. The molecular weight excluding hydrogens is 424 g/mol. The second-order valence-corrected chi connectivity index (χ2v) is 8.42. The Balaban J connectivity index is 1.53. The van der Waals surface area contributed by atoms with Crippen LogP contribution in [-0.2, 0) is 4.79 Å². The highest BCUT2D eigenvalue weighted by Crippen LogP contribution is 2.35. The fourth-order valence-electron chi connectivity index (χ4n) is 3.34. The number of amides is 2. The molecule has 8 nitrogen and oxygen atoms in total. The summed E-state index contributed by atoms with van der Waals surface area (Å²) in [5.74, 6) is 0.218. The van der Waals surface area contributed by atoms with Crippen molar-refractivity contribution >= 4 is 62.9 Å². The van der Waals surface area contributed by atoms with Gasteiger partial charge in [-0.1, -0.05) is 30.0 Å². The highest BCUT2D eigenvalue weighted by Gasteiger charge is 2.25. The zero-order valence-corrected chi connectivity index (χ0v) is 17.1. The fraction of sp³-hybridized carbons (Fsp3) is 0.150. The average molecular weight is 438 g/mol. The van der Waals surface area contributed by atoms with Gasteiger partial charge in [0.15, 0.2) is 0 Å². The van der Waals surface area contributed by atoms with E-state index in [-0.39, 0.29) is 11.8 Å². The highest BCUT2D eigenvalue weighted by atomic mass is 32.2. The monoisotopic (exact) mass is 438 g/mol. The molecule has 0 atom stereocenters. The van der Waals surface area contributed by atoms with Crippen LogP contribution in [0, 0.1) is 0 Å². The lowest BCUT2D eigenvalue weighted by Crippen LogP contribution is -2.31. The van der Waals surface area contributed by atoms with Crippen molar-refractivity contribution in [1.82, 2.24) is 15.6 Å². The van der Waals surface area contributed by atoms with Crippen LogP contribution in [0.25, 0.3) is 17.1 Å². The van der Waals surface area contributed by atoms with Crippen molar-refractivity contribution in [1.29, 1.82) is 0 Å². The summed E-state index contributed by atoms with van der Waals surface area (Å²) in [6, 6.07) is 10.6. The molecule has 0 bridgehead atoms. The first-order chi connectivity index (χ1) is 14.6. The predicted octanol–water partition coefficient (Wildman–Crippen LogP) is 3.14. The Hall–Kier alpha value is -3.24. The maximum Gasteiger partial charge on any atom is 0.263 e. The summed E-state index contributed by atoms with van der Waals surface area (Å²) in [5, 5.41) is 10.2. The molecule has 0 spiro atoms. The first-order valence-corrected chi connectivity index (χ1v) is 10.4. The third-order valence-electron chi connectivity index (χ3n) is 4.74. The van der Waals surface area contributed by atoms with Crippen molar-refractivity contribution in [2.24, 2.45) is 0 Å². The van der Waals surface area contributed by atoms with Gasteiger partial charge >= 0.3 is 0 Å². The van der Waals surface area contributed by atoms with Gasteiger partial charge < -0.3 is 15.0 Å². The Bertz CT molecular complexity index is 1240. The maximum absolute atomic E-state index is 13.3. The van der Waals surface area contributed by atoms with Crippen molar-refractivity contribution in [3.8, 4) is 5.75 Å². The van der Waals surface area contributed by atoms with E-state index in [9.17, 15) is 9.59 Å². The second kappa shape index (κ2) is 7.54. The van der Waals surface area contributed by atoms with Gasteiger partial charge in [0.2, 0.25) is 0 Å². The van der Waals surface area contributed by atoms with Gasteiger partial charge in [0, 0.05) is 12.1 Å². The van der Waals surface area contributed by atoms with Crippen molar-refractivity contribution in [2.45, 2.75) is 6.42 Å². The number of thiocarbonyl (C=S) groups is 1. The van der Waals surface area contributed by atoms with Crippen LogP contribution in [-0.4, -0.2) is 39.6 Å². The summed E-state index contributed by atoms with van der Waals surface area (Å²) in [6.45, 7) is 1.01. The SMILES string of the molecule is O=C1NC(=S)S/C1=C\c1ccc2c(c1)N(C(=O)c1ccc3nonc3c1)CCCO2. The Kier molecular flexibility index (Phi) is 4.72. The minimum Gasteiger partial charge on any atom is -0.491 e. The summed E-state index contributed by atoms with van der Waals surface area (Å²) in [6.07, 6.45) is 2.44. The van der Waals surface area contributed by atoms with Crippen LogP contribution in [0.1, 0.15) is 22.3 Å². The molecule has 2 amide bonds. The molecule has 3 aromatic rings. The van der Waals surface area contributed by atoms with Gasteiger partial charge in [0.25, 0.3) is 11.8 Å². The smallest absolute Gasteiger partial charge is 0.263 e. The number of fused-ring (bicyclic) bond motifs is 2. The molecule has 0 aliphatic carbocycles. The number of benzene rings is 2. The first-order valence-electron chi connectivity index (χ1n) is 9.14. The molecule has 2 aliphatic heterocycles. The summed E-state index contributed by atoms with van der Waals surface area (Å²) in [7, 11) is 0. The number of nitrogens with zero attached hydrogens (tertiary/aromatic N) is 3. The molecular formula is C20H14N4O4S2. The van der Waals surface area contributed by atoms with Crippen LogP contribution in [0.15, 0.2) is 45.9 Å². The fourth-order valence-corrected chi connectivity index (χ4v) is 4.38. The number of anilines is 1. The molecule has 1 saturated heterocycles. The van der Waals surface area contributed by atoms with Gasteiger partial charge in [-0.15, -0.1) is 0 Å². The van der Waals surface area contributed by atoms with Crippen LogP contribution >= 0.6 is 24.0 Å². The van der Waals surface area contributed by atoms with E-state index < -0.39 is 0 Å². The van der Waals surface area contributed by atoms with Gasteiger partial charge in [-0.3, -0.25) is 9.59 Å². The maximum atomic E-state index is 13.3. The van der Waals surface area contributed by atoms with E-state index in [0.717, 1.165) is 5.56 Å². The topological polar surface area (TPSA) is 97.6 Å². The van der Waals surface area contributed by atoms with Crippen molar-refractivity contribution in [3.63, 3.8) is 0 Å². The van der Waals surface area contributed by atoms with Crippen LogP contribution in [0.5, 0.6) is 5.75 Å². The number of aromatic nitrogens is 2. The molecule has 150 valence electrons. The number of carbonyl (C=O) groups is 2. The Labute approximate surface area is 180 Å². The quantitative estimate of drug-likeness (QED) is 0.481. The number of nitrogens with one attached hydrogen (secondary N) is 1. The van der Waals surface area contributed by atoms with Crippen molar-refractivity contribution in [2.75, 3.05) is 18.1 Å². The minimum absolute atomic E-state index is 0.175. The molecule has 5 rings (SSSR count). The van der Waals surface area contributed by atoms with Gasteiger partial charge in [-0.05, 0) is 58.7 Å². The second-order valence-electron chi connectivity index (χ2n) is 6.71. The number of thioether (sulfide) groups is 1. The summed E-state index contributed by atoms with van der Waals surface area (Å²) in [4.78, 5) is 27.5. The van der Waals surface area contributed by atoms with Crippen LogP contribution in [0.4, 0.5) is 5.69 Å². The molecule has 30 heavy (non-hydrogen) atoms. The van der Waals surface area contributed by atoms with Crippen molar-refractivity contribution < 1.29 is 19.0 Å². The zero-order valence-electron chi connectivity index (χ0n) is 15.5. The average Bonchev–Trinajstić information content (AvgIpc) is 3.26. The summed E-state index contributed by atoms with van der Waals surface area (Å²) in [5.41, 5.74) is 3.01. The van der Waals surface area contributed by atoms with Crippen LogP contribution < -0.4 is 15.0 Å². The number of ether oxygens (including phenoxy) is 1. The van der Waals surface area contributed by atoms with Crippen LogP contribution in [0.3, 0.4) is 0 Å². The highest BCUT2D eigenvalue weighted by molar-refractivity contribution is 8.26. The molecule has 1 aromatic heterocycles. The van der Waals surface area contributed by atoms with E-state index in [0.29, 0.717) is 56.8 Å². The Morgan fingerprint density at radius 1 is 1.20 bits per heavy atom. The molecule has 0 saturated carbocycles. The molecule has 3 heterocycles. The van der Waals surface area contributed by atoms with Gasteiger partial charge in [-0.25, -0.2) is 4.63 Å². The Morgan fingerprint density at radius 3 is 2.90 bits per heavy atom. The molecule has 1 N–H and O–H groups in total. The summed E-state index contributed by atoms with van der Waals surface area (Å²) < 4.78 is 11.0. The molecule has 2 aliphatic rings. The minimum atomic E-state index is -0.223. The van der Waals surface area contributed by atoms with Crippen molar-refractivity contribution in [3.05, 3.63) is 52.4 Å². The van der Waals surface area contributed by atoms with Gasteiger partial charge in [0.05, 0.1) is 17.2 Å². The number of carbonyl (C=O) groups excluding carboxylic acids is 2. The molecule has 0 radical (unpaired) electrons. The van der Waals surface area contributed by atoms with E-state index in [2.05, 4.69) is 15.6 Å². The normalized spacial score (nSPS) is 17.6. The standard InChI is InChI=1S/C20H14N4O4S2/c25-18-17(30-20(29)21-18)9-11-2-5-16-15(8-11)24(6-1-7-27-16)19(26)12-3-4-13-14(10-12)23-28-22-13/h2-5,8-10H,1,6-7H2,(H,21,25,29)/b17-9-. The lowest BCUT2D eigenvalue weighted by Gasteiger charge is -2.22. The van der Waals surface area contributed by atoms with E-state index >= 15 is 0 Å². The van der Waals surface area contributed by atoms with Crippen LogP contribution in [0.2, 0.25) is 0 Å². The molecule has 2 aromatic carbocycles. The van der Waals surface area contributed by atoms with E-state index in [1.165, 1.54) is 11.8 Å². The van der Waals surface area contributed by atoms with E-state index in [1.807, 2.05) is 18.2 Å². The lowest BCUT2D eigenvalue weighted by molar-refractivity contribution is -0.115. The zero-order chi connectivity index (χ0) is 20.7. The predicted molar refractivity (Wildman–Crippen MR) is 116 cm³/mol. The molecule has 10 heteroatoms. The van der Waals surface area contributed by atoms with Gasteiger partial charge in [0.1, 0.15) is 21.1 Å². The summed E-state index contributed by atoms with van der Waals surface area (Å²) >= 11 is 6.25. The first kappa shape index (κ1) is 18.8.